The van der Waals surface area contributed by atoms with Crippen LogP contribution in [0.5, 0.6) is 0 Å². The second kappa shape index (κ2) is 9.85. The Morgan fingerprint density at radius 1 is 1.13 bits per heavy atom. The van der Waals surface area contributed by atoms with E-state index < -0.39 is 0 Å². The van der Waals surface area contributed by atoms with E-state index in [0.717, 1.165) is 12.2 Å². The molecular formula is C14H22S. The molecule has 1 aromatic carbocycles. The van der Waals surface area contributed by atoms with Gasteiger partial charge in [0.15, 0.2) is 0 Å². The van der Waals surface area contributed by atoms with E-state index >= 15 is 0 Å². The Balaban J connectivity index is 0.000000921. The second-order valence-electron chi connectivity index (χ2n) is 3.08. The van der Waals surface area contributed by atoms with Crippen molar-refractivity contribution in [2.45, 2.75) is 39.9 Å². The maximum absolute atomic E-state index is 2.20. The van der Waals surface area contributed by atoms with Gasteiger partial charge in [0.2, 0.25) is 0 Å². The molecule has 0 nitrogen and oxygen atoms in total. The van der Waals surface area contributed by atoms with Gasteiger partial charge in [-0.05, 0) is 24.3 Å². The fourth-order valence-electron chi connectivity index (χ4n) is 0.993. The minimum Gasteiger partial charge on any atom is -0.130 e. The number of rotatable bonds is 4. The highest BCUT2D eigenvalue weighted by molar-refractivity contribution is 8.01. The van der Waals surface area contributed by atoms with Crippen LogP contribution in [-0.2, 0) is 5.75 Å². The first-order valence-electron chi connectivity index (χ1n) is 5.65. The average molecular weight is 222 g/mol. The first-order valence-corrected chi connectivity index (χ1v) is 6.70. The zero-order valence-electron chi connectivity index (χ0n) is 10.3. The summed E-state index contributed by atoms with van der Waals surface area (Å²) in [6.07, 6.45) is 3.32. The molecule has 1 heteroatoms. The highest BCUT2D eigenvalue weighted by Gasteiger charge is 1.89. The molecule has 0 spiro atoms. The average Bonchev–Trinajstić information content (AvgIpc) is 2.30. The lowest BCUT2D eigenvalue weighted by Gasteiger charge is -1.98. The Morgan fingerprint density at radius 3 is 2.27 bits per heavy atom. The van der Waals surface area contributed by atoms with Crippen LogP contribution in [0.15, 0.2) is 35.7 Å². The lowest BCUT2D eigenvalue weighted by Crippen LogP contribution is -1.78. The Bertz CT molecular complexity index is 259. The fraction of sp³-hybridized carbons (Fsp3) is 0.429. The van der Waals surface area contributed by atoms with E-state index in [1.54, 1.807) is 0 Å². The predicted molar refractivity (Wildman–Crippen MR) is 73.3 cm³/mol. The van der Waals surface area contributed by atoms with Crippen LogP contribution in [0.3, 0.4) is 0 Å². The van der Waals surface area contributed by atoms with Crippen LogP contribution in [0.25, 0.3) is 0 Å². The molecule has 0 N–H and O–H groups in total. The molecule has 0 aromatic heterocycles. The van der Waals surface area contributed by atoms with E-state index in [4.69, 9.17) is 0 Å². The maximum atomic E-state index is 2.20. The third kappa shape index (κ3) is 7.26. The first kappa shape index (κ1) is 14.3. The third-order valence-electron chi connectivity index (χ3n) is 1.80. The summed E-state index contributed by atoms with van der Waals surface area (Å²) in [4.78, 5) is 0. The van der Waals surface area contributed by atoms with Crippen LogP contribution in [-0.4, -0.2) is 0 Å². The summed E-state index contributed by atoms with van der Waals surface area (Å²) in [7, 11) is 0. The molecule has 0 saturated heterocycles. The van der Waals surface area contributed by atoms with Crippen LogP contribution in [0.1, 0.15) is 38.3 Å². The van der Waals surface area contributed by atoms with Crippen LogP contribution < -0.4 is 0 Å². The predicted octanol–water partition coefficient (Wildman–Crippen LogP) is 5.18. The summed E-state index contributed by atoms with van der Waals surface area (Å²) >= 11 is 1.86. The highest BCUT2D eigenvalue weighted by atomic mass is 32.2. The van der Waals surface area contributed by atoms with Gasteiger partial charge in [-0.3, -0.25) is 0 Å². The summed E-state index contributed by atoms with van der Waals surface area (Å²) in [6.45, 7) is 8.27. The monoisotopic (exact) mass is 222 g/mol. The van der Waals surface area contributed by atoms with Crippen molar-refractivity contribution in [3.63, 3.8) is 0 Å². The summed E-state index contributed by atoms with van der Waals surface area (Å²) in [6, 6.07) is 8.73. The minimum absolute atomic E-state index is 1.08. The van der Waals surface area contributed by atoms with Gasteiger partial charge in [-0.15, -0.1) is 11.8 Å². The molecule has 0 saturated carbocycles. The van der Waals surface area contributed by atoms with Crippen molar-refractivity contribution >= 4 is 11.8 Å². The molecule has 1 aromatic rings. The largest absolute Gasteiger partial charge is 0.130 e. The molecule has 0 unspecified atom stereocenters. The van der Waals surface area contributed by atoms with Crippen molar-refractivity contribution < 1.29 is 0 Å². The van der Waals surface area contributed by atoms with Gasteiger partial charge in [-0.2, -0.15) is 0 Å². The van der Waals surface area contributed by atoms with E-state index in [1.165, 1.54) is 11.1 Å². The molecule has 0 radical (unpaired) electrons. The molecular weight excluding hydrogens is 200 g/mol. The van der Waals surface area contributed by atoms with Crippen molar-refractivity contribution in [2.75, 3.05) is 0 Å². The van der Waals surface area contributed by atoms with E-state index in [1.807, 2.05) is 25.6 Å². The molecule has 0 aliphatic carbocycles. The highest BCUT2D eigenvalue weighted by Crippen LogP contribution is 2.13. The Hall–Kier alpha value is -0.690. The van der Waals surface area contributed by atoms with Gasteiger partial charge < -0.3 is 0 Å². The van der Waals surface area contributed by atoms with Gasteiger partial charge in [-0.25, -0.2) is 0 Å². The van der Waals surface area contributed by atoms with Crippen molar-refractivity contribution in [1.82, 2.24) is 0 Å². The molecule has 0 atom stereocenters. The molecule has 0 amide bonds. The zero-order valence-corrected chi connectivity index (χ0v) is 11.1. The standard InChI is InChI=1S/C12H16S.C2H6/c1-3-4-9-13-10-12-7-5-11(2)6-8-12;1-2/h4-9H,3,10H2,1-2H3;1-2H3/b9-4-;. The van der Waals surface area contributed by atoms with Gasteiger partial charge in [0, 0.05) is 5.75 Å². The van der Waals surface area contributed by atoms with Crippen LogP contribution in [0.2, 0.25) is 0 Å². The summed E-state index contributed by atoms with van der Waals surface area (Å²) in [5.74, 6) is 1.08. The van der Waals surface area contributed by atoms with Crippen LogP contribution in [0, 0.1) is 6.92 Å². The zero-order chi connectivity index (χ0) is 11.5. The normalized spacial score (nSPS) is 9.87. The summed E-state index contributed by atoms with van der Waals surface area (Å²) < 4.78 is 0. The smallest absolute Gasteiger partial charge is 0.0225 e. The van der Waals surface area contributed by atoms with Crippen molar-refractivity contribution in [3.05, 3.63) is 46.9 Å². The number of aryl methyl sites for hydroxylation is 1. The first-order chi connectivity index (χ1) is 7.33. The molecule has 0 aliphatic heterocycles. The van der Waals surface area contributed by atoms with Gasteiger partial charge in [0.05, 0.1) is 0 Å². The topological polar surface area (TPSA) is 0 Å². The number of hydrogen-bond acceptors (Lipinski definition) is 1. The Labute approximate surface area is 98.8 Å². The van der Waals surface area contributed by atoms with Crippen LogP contribution in [0.4, 0.5) is 0 Å². The summed E-state index contributed by atoms with van der Waals surface area (Å²) in [5.41, 5.74) is 2.73. The lowest BCUT2D eigenvalue weighted by atomic mass is 10.2. The number of thioether (sulfide) groups is 1. The number of hydrogen-bond donors (Lipinski definition) is 0. The van der Waals surface area contributed by atoms with E-state index in [-0.39, 0.29) is 0 Å². The van der Waals surface area contributed by atoms with Crippen molar-refractivity contribution in [1.29, 1.82) is 0 Å². The Morgan fingerprint density at radius 2 is 1.73 bits per heavy atom. The van der Waals surface area contributed by atoms with E-state index in [0.29, 0.717) is 0 Å². The molecule has 0 bridgehead atoms. The molecule has 0 fully saturated rings. The molecule has 15 heavy (non-hydrogen) atoms. The van der Waals surface area contributed by atoms with Crippen molar-refractivity contribution in [3.8, 4) is 0 Å². The lowest BCUT2D eigenvalue weighted by molar-refractivity contribution is 1.23. The fourth-order valence-corrected chi connectivity index (χ4v) is 1.80. The quantitative estimate of drug-likeness (QED) is 0.676. The number of benzene rings is 1. The molecule has 0 heterocycles. The maximum Gasteiger partial charge on any atom is 0.0225 e. The third-order valence-corrected chi connectivity index (χ3v) is 2.68. The van der Waals surface area contributed by atoms with Gasteiger partial charge in [-0.1, -0.05) is 56.7 Å². The van der Waals surface area contributed by atoms with Gasteiger partial charge >= 0.3 is 0 Å². The van der Waals surface area contributed by atoms with E-state index in [2.05, 4.69) is 49.6 Å². The summed E-state index contributed by atoms with van der Waals surface area (Å²) in [5, 5.41) is 2.18. The second-order valence-corrected chi connectivity index (χ2v) is 3.97. The Kier molecular flexibility index (Phi) is 9.40. The SMILES string of the molecule is CC.CC/C=C\SCc1ccc(C)cc1. The molecule has 1 rings (SSSR count). The minimum atomic E-state index is 1.08. The van der Waals surface area contributed by atoms with Crippen molar-refractivity contribution in [2.24, 2.45) is 0 Å². The van der Waals surface area contributed by atoms with Gasteiger partial charge in [0.25, 0.3) is 0 Å². The number of allylic oxidation sites excluding steroid dienone is 1. The molecule has 84 valence electrons. The van der Waals surface area contributed by atoms with Crippen LogP contribution >= 0.6 is 11.8 Å². The molecule has 0 aliphatic rings. The van der Waals surface area contributed by atoms with E-state index in [9.17, 15) is 0 Å². The van der Waals surface area contributed by atoms with Gasteiger partial charge in [0.1, 0.15) is 0 Å².